The minimum absolute atomic E-state index is 0.0547. The standard InChI is InChI=1S/C23H23NO/c1-23(20-13-7-3-8-14-20,21-15-9-4-10-16-21)24-22(25)18-17-19-11-5-2-6-12-19/h2-16H,17-18H2,1H3,(H,24,25). The fourth-order valence-corrected chi connectivity index (χ4v) is 3.10. The van der Waals surface area contributed by atoms with Crippen LogP contribution in [-0.4, -0.2) is 5.91 Å². The van der Waals surface area contributed by atoms with Crippen LogP contribution in [0.2, 0.25) is 0 Å². The number of carbonyl (C=O) groups is 1. The Morgan fingerprint density at radius 3 is 1.68 bits per heavy atom. The van der Waals surface area contributed by atoms with Gasteiger partial charge in [0.2, 0.25) is 5.91 Å². The van der Waals surface area contributed by atoms with Crippen molar-refractivity contribution in [2.24, 2.45) is 0 Å². The summed E-state index contributed by atoms with van der Waals surface area (Å²) in [6, 6.07) is 30.4. The molecule has 0 unspecified atom stereocenters. The third kappa shape index (κ3) is 4.16. The Hall–Kier alpha value is -2.87. The van der Waals surface area contributed by atoms with E-state index in [0.717, 1.165) is 17.5 Å². The maximum Gasteiger partial charge on any atom is 0.221 e. The monoisotopic (exact) mass is 329 g/mol. The normalized spacial score (nSPS) is 11.1. The van der Waals surface area contributed by atoms with Gasteiger partial charge in [-0.05, 0) is 30.0 Å². The SMILES string of the molecule is CC(NC(=O)CCc1ccccc1)(c1ccccc1)c1ccccc1. The van der Waals surface area contributed by atoms with Gasteiger partial charge in [0, 0.05) is 6.42 Å². The zero-order valence-electron chi connectivity index (χ0n) is 14.5. The number of benzene rings is 3. The van der Waals surface area contributed by atoms with Crippen LogP contribution < -0.4 is 5.32 Å². The van der Waals surface area contributed by atoms with Crippen molar-refractivity contribution in [2.75, 3.05) is 0 Å². The van der Waals surface area contributed by atoms with Gasteiger partial charge in [-0.3, -0.25) is 4.79 Å². The Bertz CT molecular complexity index is 758. The molecule has 0 spiro atoms. The first-order valence-corrected chi connectivity index (χ1v) is 8.64. The first-order valence-electron chi connectivity index (χ1n) is 8.64. The molecule has 126 valence electrons. The molecule has 0 aromatic heterocycles. The Morgan fingerprint density at radius 1 is 0.760 bits per heavy atom. The summed E-state index contributed by atoms with van der Waals surface area (Å²) in [6.07, 6.45) is 1.21. The van der Waals surface area contributed by atoms with Crippen molar-refractivity contribution in [1.82, 2.24) is 5.32 Å². The number of hydrogen-bond donors (Lipinski definition) is 1. The van der Waals surface area contributed by atoms with Gasteiger partial charge in [-0.25, -0.2) is 0 Å². The van der Waals surface area contributed by atoms with Gasteiger partial charge in [0.1, 0.15) is 0 Å². The van der Waals surface area contributed by atoms with Crippen molar-refractivity contribution in [3.8, 4) is 0 Å². The van der Waals surface area contributed by atoms with Crippen molar-refractivity contribution < 1.29 is 4.79 Å². The Kier molecular flexibility index (Phi) is 5.30. The fraction of sp³-hybridized carbons (Fsp3) is 0.174. The highest BCUT2D eigenvalue weighted by Crippen LogP contribution is 2.29. The summed E-state index contributed by atoms with van der Waals surface area (Å²) in [6.45, 7) is 2.07. The smallest absolute Gasteiger partial charge is 0.221 e. The molecular weight excluding hydrogens is 306 g/mol. The minimum atomic E-state index is -0.545. The predicted molar refractivity (Wildman–Crippen MR) is 102 cm³/mol. The van der Waals surface area contributed by atoms with Crippen LogP contribution in [-0.2, 0) is 16.8 Å². The molecule has 25 heavy (non-hydrogen) atoms. The van der Waals surface area contributed by atoms with Gasteiger partial charge in [0.15, 0.2) is 0 Å². The van der Waals surface area contributed by atoms with Crippen LogP contribution in [0.5, 0.6) is 0 Å². The van der Waals surface area contributed by atoms with E-state index in [1.54, 1.807) is 0 Å². The van der Waals surface area contributed by atoms with Gasteiger partial charge in [-0.1, -0.05) is 91.0 Å². The summed E-state index contributed by atoms with van der Waals surface area (Å²) in [7, 11) is 0. The van der Waals surface area contributed by atoms with Crippen LogP contribution in [0.3, 0.4) is 0 Å². The van der Waals surface area contributed by atoms with Crippen LogP contribution in [0.15, 0.2) is 91.0 Å². The molecule has 1 amide bonds. The van der Waals surface area contributed by atoms with Crippen LogP contribution in [0, 0.1) is 0 Å². The van der Waals surface area contributed by atoms with Crippen LogP contribution in [0.1, 0.15) is 30.0 Å². The molecule has 0 aliphatic heterocycles. The lowest BCUT2D eigenvalue weighted by atomic mass is 9.84. The molecule has 3 aromatic carbocycles. The third-order valence-corrected chi connectivity index (χ3v) is 4.58. The van der Waals surface area contributed by atoms with Crippen molar-refractivity contribution in [2.45, 2.75) is 25.3 Å². The second-order valence-electron chi connectivity index (χ2n) is 6.39. The molecule has 0 fully saturated rings. The fourth-order valence-electron chi connectivity index (χ4n) is 3.10. The quantitative estimate of drug-likeness (QED) is 0.698. The summed E-state index contributed by atoms with van der Waals surface area (Å²) < 4.78 is 0. The van der Waals surface area contributed by atoms with E-state index in [4.69, 9.17) is 0 Å². The van der Waals surface area contributed by atoms with E-state index in [-0.39, 0.29) is 5.91 Å². The molecule has 0 bridgehead atoms. The van der Waals surface area contributed by atoms with E-state index in [0.29, 0.717) is 6.42 Å². The largest absolute Gasteiger partial charge is 0.343 e. The van der Waals surface area contributed by atoms with E-state index in [2.05, 4.69) is 48.6 Å². The minimum Gasteiger partial charge on any atom is -0.343 e. The maximum atomic E-state index is 12.7. The second kappa shape index (κ2) is 7.80. The highest BCUT2D eigenvalue weighted by atomic mass is 16.1. The van der Waals surface area contributed by atoms with Crippen molar-refractivity contribution in [3.63, 3.8) is 0 Å². The van der Waals surface area contributed by atoms with Crippen molar-refractivity contribution in [3.05, 3.63) is 108 Å². The molecule has 3 rings (SSSR count). The topological polar surface area (TPSA) is 29.1 Å². The van der Waals surface area contributed by atoms with Crippen molar-refractivity contribution >= 4 is 5.91 Å². The molecule has 0 heterocycles. The van der Waals surface area contributed by atoms with Gasteiger partial charge in [-0.2, -0.15) is 0 Å². The highest BCUT2D eigenvalue weighted by molar-refractivity contribution is 5.78. The predicted octanol–water partition coefficient (Wildman–Crippen LogP) is 4.70. The molecule has 0 aliphatic carbocycles. The molecule has 0 saturated heterocycles. The molecule has 3 aromatic rings. The second-order valence-corrected chi connectivity index (χ2v) is 6.39. The summed E-state index contributed by atoms with van der Waals surface area (Å²) in [4.78, 5) is 12.7. The summed E-state index contributed by atoms with van der Waals surface area (Å²) in [5.41, 5.74) is 2.79. The Morgan fingerprint density at radius 2 is 1.20 bits per heavy atom. The molecule has 0 aliphatic rings. The van der Waals surface area contributed by atoms with Gasteiger partial charge >= 0.3 is 0 Å². The third-order valence-electron chi connectivity index (χ3n) is 4.58. The van der Waals surface area contributed by atoms with Gasteiger partial charge < -0.3 is 5.32 Å². The summed E-state index contributed by atoms with van der Waals surface area (Å²) in [5, 5.41) is 3.26. The first-order chi connectivity index (χ1) is 12.2. The zero-order valence-corrected chi connectivity index (χ0v) is 14.5. The highest BCUT2D eigenvalue weighted by Gasteiger charge is 2.30. The van der Waals surface area contributed by atoms with E-state index in [9.17, 15) is 4.79 Å². The lowest BCUT2D eigenvalue weighted by Crippen LogP contribution is -2.44. The van der Waals surface area contributed by atoms with E-state index < -0.39 is 5.54 Å². The molecule has 0 saturated carbocycles. The zero-order chi connectivity index (χ0) is 17.5. The molecule has 2 heteroatoms. The molecule has 2 nitrogen and oxygen atoms in total. The van der Waals surface area contributed by atoms with Gasteiger partial charge in [0.05, 0.1) is 5.54 Å². The summed E-state index contributed by atoms with van der Waals surface area (Å²) in [5.74, 6) is 0.0547. The lowest BCUT2D eigenvalue weighted by molar-refractivity contribution is -0.122. The average Bonchev–Trinajstić information content (AvgIpc) is 2.68. The Labute approximate surface area is 149 Å². The van der Waals surface area contributed by atoms with Gasteiger partial charge in [-0.15, -0.1) is 0 Å². The van der Waals surface area contributed by atoms with Crippen LogP contribution in [0.4, 0.5) is 0 Å². The molecule has 0 radical (unpaired) electrons. The number of nitrogens with one attached hydrogen (secondary N) is 1. The first kappa shape index (κ1) is 17.0. The summed E-state index contributed by atoms with van der Waals surface area (Å²) >= 11 is 0. The van der Waals surface area contributed by atoms with Crippen molar-refractivity contribution in [1.29, 1.82) is 0 Å². The van der Waals surface area contributed by atoms with E-state index in [1.807, 2.05) is 54.6 Å². The number of aryl methyl sites for hydroxylation is 1. The van der Waals surface area contributed by atoms with Crippen LogP contribution >= 0.6 is 0 Å². The average molecular weight is 329 g/mol. The number of hydrogen-bond acceptors (Lipinski definition) is 1. The van der Waals surface area contributed by atoms with E-state index >= 15 is 0 Å². The lowest BCUT2D eigenvalue weighted by Gasteiger charge is -2.32. The van der Waals surface area contributed by atoms with E-state index in [1.165, 1.54) is 5.56 Å². The number of amides is 1. The number of carbonyl (C=O) groups excluding carboxylic acids is 1. The maximum absolute atomic E-state index is 12.7. The van der Waals surface area contributed by atoms with Gasteiger partial charge in [0.25, 0.3) is 0 Å². The molecular formula is C23H23NO. The molecule has 1 N–H and O–H groups in total. The Balaban J connectivity index is 1.80. The van der Waals surface area contributed by atoms with Crippen LogP contribution in [0.25, 0.3) is 0 Å². The number of rotatable bonds is 6. The molecule has 0 atom stereocenters.